The third kappa shape index (κ3) is 4.66. The lowest BCUT2D eigenvalue weighted by Crippen LogP contribution is -2.23. The molecule has 0 fully saturated rings. The summed E-state index contributed by atoms with van der Waals surface area (Å²) < 4.78 is 13.2. The molecule has 0 saturated carbocycles. The molecule has 1 aliphatic carbocycles. The number of allylic oxidation sites excluding steroid dienone is 2. The quantitative estimate of drug-likeness (QED) is 0.187. The molecular formula is C45H29N3O2. The summed E-state index contributed by atoms with van der Waals surface area (Å²) >= 11 is 0. The molecule has 50 heavy (non-hydrogen) atoms. The van der Waals surface area contributed by atoms with Crippen molar-refractivity contribution >= 4 is 27.5 Å². The third-order valence-corrected chi connectivity index (χ3v) is 9.75. The molecule has 2 unspecified atom stereocenters. The molecule has 10 rings (SSSR count). The highest BCUT2D eigenvalue weighted by Gasteiger charge is 2.38. The predicted molar refractivity (Wildman–Crippen MR) is 200 cm³/mol. The predicted octanol–water partition coefficient (Wildman–Crippen LogP) is 10.9. The van der Waals surface area contributed by atoms with E-state index in [2.05, 4.69) is 103 Å². The zero-order valence-corrected chi connectivity index (χ0v) is 26.9. The Labute approximate surface area is 288 Å². The maximum Gasteiger partial charge on any atom is 0.164 e. The van der Waals surface area contributed by atoms with Crippen LogP contribution in [0.5, 0.6) is 5.75 Å². The third-order valence-electron chi connectivity index (χ3n) is 9.75. The molecule has 2 atom stereocenters. The number of benzene rings is 6. The maximum absolute atomic E-state index is 6.66. The lowest BCUT2D eigenvalue weighted by molar-refractivity contribution is 0.277. The molecule has 1 aliphatic heterocycles. The van der Waals surface area contributed by atoms with Crippen LogP contribution in [0.2, 0.25) is 0 Å². The van der Waals surface area contributed by atoms with Crippen LogP contribution in [0, 0.1) is 0 Å². The van der Waals surface area contributed by atoms with Gasteiger partial charge in [0.15, 0.2) is 17.5 Å². The van der Waals surface area contributed by atoms with Crippen molar-refractivity contribution in [1.82, 2.24) is 15.0 Å². The van der Waals surface area contributed by atoms with Gasteiger partial charge >= 0.3 is 0 Å². The Bertz CT molecular complexity index is 2620. The number of rotatable bonds is 5. The molecule has 6 aromatic carbocycles. The number of furan rings is 1. The molecule has 0 spiro atoms. The van der Waals surface area contributed by atoms with Crippen LogP contribution >= 0.6 is 0 Å². The number of para-hydroxylation sites is 2. The lowest BCUT2D eigenvalue weighted by Gasteiger charge is -2.22. The van der Waals surface area contributed by atoms with E-state index in [0.29, 0.717) is 17.5 Å². The van der Waals surface area contributed by atoms with Crippen molar-refractivity contribution in [1.29, 1.82) is 0 Å². The zero-order chi connectivity index (χ0) is 33.0. The molecule has 0 saturated heterocycles. The minimum atomic E-state index is -0.224. The van der Waals surface area contributed by atoms with Gasteiger partial charge in [-0.25, -0.2) is 15.0 Å². The van der Waals surface area contributed by atoms with Gasteiger partial charge in [0.25, 0.3) is 0 Å². The normalized spacial score (nSPS) is 16.2. The number of hydrogen-bond donors (Lipinski definition) is 0. The average molecular weight is 644 g/mol. The summed E-state index contributed by atoms with van der Waals surface area (Å²) in [5.41, 5.74) is 10.0. The Morgan fingerprint density at radius 1 is 0.500 bits per heavy atom. The number of nitrogens with zero attached hydrogens (tertiary/aromatic N) is 3. The summed E-state index contributed by atoms with van der Waals surface area (Å²) in [5, 5.41) is 1.99. The van der Waals surface area contributed by atoms with E-state index < -0.39 is 0 Å². The van der Waals surface area contributed by atoms with Gasteiger partial charge < -0.3 is 9.15 Å². The molecule has 0 radical (unpaired) electrons. The second-order valence-electron chi connectivity index (χ2n) is 12.7. The SMILES string of the molecule is C1=CC2c3ccccc3OC2C(c2nc(-c3ccccc3)nc(-c3cccc4oc5c(-c6ccc(-c7ccccc7)cc6)cccc5c34)n2)=C1. The van der Waals surface area contributed by atoms with Crippen molar-refractivity contribution in [3.05, 3.63) is 175 Å². The van der Waals surface area contributed by atoms with E-state index in [4.69, 9.17) is 24.1 Å². The Morgan fingerprint density at radius 3 is 2.00 bits per heavy atom. The monoisotopic (exact) mass is 643 g/mol. The molecule has 2 aromatic heterocycles. The first-order valence-electron chi connectivity index (χ1n) is 16.8. The van der Waals surface area contributed by atoms with Gasteiger partial charge in [0, 0.05) is 44.5 Å². The second kappa shape index (κ2) is 11.5. The standard InChI is InChI=1S/C45H29N3O2/c1-3-12-28(13-4-1)29-24-26-30(27-25-29)32-17-9-19-35-40-36(20-11-23-39(40)50-41(32)35)44-46-43(31-14-5-2-6-15-31)47-45(48-44)37-21-10-18-34-33-16-7-8-22-38(33)49-42(34)37/h1-27,34,42H. The summed E-state index contributed by atoms with van der Waals surface area (Å²) in [6.07, 6.45) is 6.14. The smallest absolute Gasteiger partial charge is 0.164 e. The molecule has 2 aliphatic rings. The van der Waals surface area contributed by atoms with Crippen LogP contribution in [0.25, 0.3) is 72.5 Å². The van der Waals surface area contributed by atoms with Crippen LogP contribution in [-0.2, 0) is 0 Å². The Hall–Kier alpha value is -6.59. The Kier molecular flexibility index (Phi) is 6.56. The fourth-order valence-electron chi connectivity index (χ4n) is 7.35. The van der Waals surface area contributed by atoms with E-state index >= 15 is 0 Å². The zero-order valence-electron chi connectivity index (χ0n) is 26.9. The van der Waals surface area contributed by atoms with Crippen LogP contribution in [0.1, 0.15) is 17.3 Å². The Balaban J connectivity index is 1.12. The molecule has 3 heterocycles. The summed E-state index contributed by atoms with van der Waals surface area (Å²) in [4.78, 5) is 15.3. The molecule has 0 N–H and O–H groups in total. The second-order valence-corrected chi connectivity index (χ2v) is 12.7. The summed E-state index contributed by atoms with van der Waals surface area (Å²) in [5.74, 6) is 2.79. The highest BCUT2D eigenvalue weighted by atomic mass is 16.5. The molecule has 0 bridgehead atoms. The molecule has 8 aromatic rings. The van der Waals surface area contributed by atoms with Crippen molar-refractivity contribution in [2.24, 2.45) is 0 Å². The average Bonchev–Trinajstić information content (AvgIpc) is 3.77. The molecule has 236 valence electrons. The van der Waals surface area contributed by atoms with Crippen molar-refractivity contribution in [3.63, 3.8) is 0 Å². The minimum absolute atomic E-state index is 0.0908. The van der Waals surface area contributed by atoms with Crippen LogP contribution in [0.4, 0.5) is 0 Å². The number of ether oxygens (including phenoxy) is 1. The molecule has 5 nitrogen and oxygen atoms in total. The van der Waals surface area contributed by atoms with Crippen LogP contribution in [-0.4, -0.2) is 21.1 Å². The van der Waals surface area contributed by atoms with Crippen molar-refractivity contribution in [3.8, 4) is 50.8 Å². The van der Waals surface area contributed by atoms with Gasteiger partial charge in [-0.2, -0.15) is 0 Å². The number of fused-ring (bicyclic) bond motifs is 6. The van der Waals surface area contributed by atoms with Gasteiger partial charge in [-0.05, 0) is 28.8 Å². The summed E-state index contributed by atoms with van der Waals surface area (Å²) in [6.45, 7) is 0. The van der Waals surface area contributed by atoms with E-state index in [1.54, 1.807) is 0 Å². The van der Waals surface area contributed by atoms with Crippen LogP contribution in [0.3, 0.4) is 0 Å². The van der Waals surface area contributed by atoms with Crippen molar-refractivity contribution < 1.29 is 9.15 Å². The van der Waals surface area contributed by atoms with Gasteiger partial charge in [-0.3, -0.25) is 0 Å². The van der Waals surface area contributed by atoms with Crippen LogP contribution in [0.15, 0.2) is 168 Å². The fourth-order valence-corrected chi connectivity index (χ4v) is 7.35. The first-order chi connectivity index (χ1) is 24.8. The minimum Gasteiger partial charge on any atom is -0.484 e. The Morgan fingerprint density at radius 2 is 1.16 bits per heavy atom. The summed E-state index contributed by atoms with van der Waals surface area (Å²) in [6, 6.07) is 49.9. The first-order valence-corrected chi connectivity index (χ1v) is 16.8. The van der Waals surface area contributed by atoms with Gasteiger partial charge in [0.1, 0.15) is 23.0 Å². The van der Waals surface area contributed by atoms with E-state index in [1.165, 1.54) is 16.7 Å². The number of aromatic nitrogens is 3. The van der Waals surface area contributed by atoms with Crippen LogP contribution < -0.4 is 4.74 Å². The van der Waals surface area contributed by atoms with E-state index in [-0.39, 0.29) is 12.0 Å². The molecular weight excluding hydrogens is 615 g/mol. The highest BCUT2D eigenvalue weighted by molar-refractivity contribution is 6.15. The van der Waals surface area contributed by atoms with E-state index in [1.807, 2.05) is 60.7 Å². The van der Waals surface area contributed by atoms with Crippen molar-refractivity contribution in [2.45, 2.75) is 12.0 Å². The van der Waals surface area contributed by atoms with Crippen molar-refractivity contribution in [2.75, 3.05) is 0 Å². The number of hydrogen-bond acceptors (Lipinski definition) is 5. The first kappa shape index (κ1) is 28.4. The maximum atomic E-state index is 6.66. The molecule has 0 amide bonds. The molecule has 5 heteroatoms. The van der Waals surface area contributed by atoms with E-state index in [9.17, 15) is 0 Å². The van der Waals surface area contributed by atoms with E-state index in [0.717, 1.165) is 55.5 Å². The topological polar surface area (TPSA) is 61.0 Å². The summed E-state index contributed by atoms with van der Waals surface area (Å²) in [7, 11) is 0. The van der Waals surface area contributed by atoms with Gasteiger partial charge in [-0.1, -0.05) is 152 Å². The largest absolute Gasteiger partial charge is 0.484 e. The fraction of sp³-hybridized carbons (Fsp3) is 0.0444. The highest BCUT2D eigenvalue weighted by Crippen LogP contribution is 2.46. The lowest BCUT2D eigenvalue weighted by atomic mass is 9.87. The van der Waals surface area contributed by atoms with Gasteiger partial charge in [0.05, 0.1) is 0 Å². The van der Waals surface area contributed by atoms with Gasteiger partial charge in [-0.15, -0.1) is 0 Å². The van der Waals surface area contributed by atoms with Gasteiger partial charge in [0.2, 0.25) is 0 Å².